The van der Waals surface area contributed by atoms with Crippen LogP contribution < -0.4 is 10.1 Å². The molecule has 7 heteroatoms. The number of hydrogen-bond donors (Lipinski definition) is 1. The number of methoxy groups -OCH3 is 1. The first-order chi connectivity index (χ1) is 10.4. The summed E-state index contributed by atoms with van der Waals surface area (Å²) in [7, 11) is 1.59. The van der Waals surface area contributed by atoms with E-state index in [1.54, 1.807) is 12.0 Å². The van der Waals surface area contributed by atoms with E-state index < -0.39 is 12.1 Å². The molecular weight excluding hydrogens is 313 g/mol. The zero-order chi connectivity index (χ0) is 16.2. The molecule has 0 aromatic heterocycles. The van der Waals surface area contributed by atoms with Crippen molar-refractivity contribution in [3.05, 3.63) is 29.8 Å². The van der Waals surface area contributed by atoms with Crippen molar-refractivity contribution in [1.82, 2.24) is 10.2 Å². The van der Waals surface area contributed by atoms with Gasteiger partial charge in [-0.25, -0.2) is 0 Å². The van der Waals surface area contributed by atoms with Gasteiger partial charge in [0.15, 0.2) is 5.11 Å². The number of ether oxygens (including phenoxy) is 1. The monoisotopic (exact) mass is 332 g/mol. The minimum absolute atomic E-state index is 0.0576. The molecule has 3 nitrogen and oxygen atoms in total. The van der Waals surface area contributed by atoms with Crippen molar-refractivity contribution in [2.45, 2.75) is 25.6 Å². The van der Waals surface area contributed by atoms with Gasteiger partial charge in [-0.3, -0.25) is 0 Å². The van der Waals surface area contributed by atoms with E-state index in [9.17, 15) is 13.2 Å². The van der Waals surface area contributed by atoms with Gasteiger partial charge in [-0.1, -0.05) is 12.1 Å². The Kier molecular flexibility index (Phi) is 5.50. The number of piperidine rings is 1. The molecule has 1 aliphatic rings. The van der Waals surface area contributed by atoms with Crippen LogP contribution in [0.1, 0.15) is 18.4 Å². The van der Waals surface area contributed by atoms with Crippen molar-refractivity contribution in [1.29, 1.82) is 0 Å². The van der Waals surface area contributed by atoms with Gasteiger partial charge in [0.25, 0.3) is 0 Å². The molecule has 122 valence electrons. The van der Waals surface area contributed by atoms with Crippen molar-refractivity contribution < 1.29 is 17.9 Å². The molecule has 1 N–H and O–H groups in total. The van der Waals surface area contributed by atoms with Crippen LogP contribution in [0.4, 0.5) is 13.2 Å². The average molecular weight is 332 g/mol. The maximum Gasteiger partial charge on any atom is 0.393 e. The molecule has 1 aromatic carbocycles. The lowest BCUT2D eigenvalue weighted by atomic mass is 9.98. The van der Waals surface area contributed by atoms with Crippen LogP contribution in [-0.4, -0.2) is 36.4 Å². The van der Waals surface area contributed by atoms with E-state index in [0.29, 0.717) is 24.6 Å². The first-order valence-electron chi connectivity index (χ1n) is 7.12. The van der Waals surface area contributed by atoms with Gasteiger partial charge in [-0.05, 0) is 42.8 Å². The molecule has 1 aromatic rings. The van der Waals surface area contributed by atoms with Crippen LogP contribution in [0, 0.1) is 5.92 Å². The minimum Gasteiger partial charge on any atom is -0.497 e. The maximum atomic E-state index is 12.8. The Morgan fingerprint density at radius 1 is 1.36 bits per heavy atom. The fraction of sp³-hybridized carbons (Fsp3) is 0.533. The zero-order valence-corrected chi connectivity index (χ0v) is 13.1. The molecule has 1 unspecified atom stereocenters. The van der Waals surface area contributed by atoms with Gasteiger partial charge in [0, 0.05) is 19.6 Å². The molecular formula is C15H19F3N2OS. The standard InChI is InChI=1S/C15H19F3N2OS/c1-21-13-6-4-11(5-7-13)9-19-14(22)20-8-2-3-12(10-20)15(16,17)18/h4-7,12H,2-3,8-10H2,1H3,(H,19,22). The number of hydrogen-bond acceptors (Lipinski definition) is 2. The van der Waals surface area contributed by atoms with Crippen LogP contribution in [0.5, 0.6) is 5.75 Å². The van der Waals surface area contributed by atoms with E-state index in [0.717, 1.165) is 11.3 Å². The van der Waals surface area contributed by atoms with Gasteiger partial charge in [0.1, 0.15) is 5.75 Å². The molecule has 1 heterocycles. The van der Waals surface area contributed by atoms with E-state index in [4.69, 9.17) is 17.0 Å². The number of thiocarbonyl (C=S) groups is 1. The smallest absolute Gasteiger partial charge is 0.393 e. The highest BCUT2D eigenvalue weighted by Gasteiger charge is 2.42. The summed E-state index contributed by atoms with van der Waals surface area (Å²) < 4.78 is 43.5. The molecule has 2 rings (SSSR count). The summed E-state index contributed by atoms with van der Waals surface area (Å²) in [6, 6.07) is 7.45. The third-order valence-electron chi connectivity index (χ3n) is 3.77. The van der Waals surface area contributed by atoms with Crippen LogP contribution in [0.25, 0.3) is 0 Å². The predicted octanol–water partition coefficient (Wildman–Crippen LogP) is 3.34. The zero-order valence-electron chi connectivity index (χ0n) is 12.3. The summed E-state index contributed by atoms with van der Waals surface area (Å²) in [5.41, 5.74) is 0.993. The van der Waals surface area contributed by atoms with E-state index in [-0.39, 0.29) is 13.0 Å². The van der Waals surface area contributed by atoms with E-state index in [2.05, 4.69) is 5.32 Å². The Morgan fingerprint density at radius 3 is 2.64 bits per heavy atom. The molecule has 0 spiro atoms. The van der Waals surface area contributed by atoms with Crippen molar-refractivity contribution in [3.63, 3.8) is 0 Å². The van der Waals surface area contributed by atoms with E-state index in [1.165, 1.54) is 0 Å². The number of nitrogens with one attached hydrogen (secondary N) is 1. The lowest BCUT2D eigenvalue weighted by Crippen LogP contribution is -2.48. The Labute approximate surface area is 133 Å². The highest BCUT2D eigenvalue weighted by atomic mass is 32.1. The lowest BCUT2D eigenvalue weighted by Gasteiger charge is -2.35. The highest BCUT2D eigenvalue weighted by molar-refractivity contribution is 7.80. The number of halogens is 3. The molecule has 1 fully saturated rings. The second-order valence-electron chi connectivity index (χ2n) is 5.33. The summed E-state index contributed by atoms with van der Waals surface area (Å²) in [4.78, 5) is 1.61. The van der Waals surface area contributed by atoms with Crippen molar-refractivity contribution >= 4 is 17.3 Å². The first kappa shape index (κ1) is 16.9. The van der Waals surface area contributed by atoms with Gasteiger partial charge >= 0.3 is 6.18 Å². The summed E-state index contributed by atoms with van der Waals surface area (Å²) in [5, 5.41) is 3.41. The second kappa shape index (κ2) is 7.17. The van der Waals surface area contributed by atoms with Gasteiger partial charge in [0.2, 0.25) is 0 Å². The Balaban J connectivity index is 1.86. The van der Waals surface area contributed by atoms with Crippen LogP contribution in [0.15, 0.2) is 24.3 Å². The molecule has 0 saturated carbocycles. The van der Waals surface area contributed by atoms with Crippen molar-refractivity contribution in [2.75, 3.05) is 20.2 Å². The van der Waals surface area contributed by atoms with Gasteiger partial charge in [0.05, 0.1) is 13.0 Å². The van der Waals surface area contributed by atoms with Gasteiger partial charge < -0.3 is 15.0 Å². The summed E-state index contributed by atoms with van der Waals surface area (Å²) in [6.07, 6.45) is -3.46. The highest BCUT2D eigenvalue weighted by Crippen LogP contribution is 2.33. The Hall–Kier alpha value is -1.50. The maximum absolute atomic E-state index is 12.8. The predicted molar refractivity (Wildman–Crippen MR) is 82.8 cm³/mol. The lowest BCUT2D eigenvalue weighted by molar-refractivity contribution is -0.183. The Bertz CT molecular complexity index is 505. The minimum atomic E-state index is -4.15. The molecule has 0 bridgehead atoms. The summed E-state index contributed by atoms with van der Waals surface area (Å²) in [6.45, 7) is 0.995. The number of alkyl halides is 3. The fourth-order valence-electron chi connectivity index (χ4n) is 2.46. The third-order valence-corrected chi connectivity index (χ3v) is 4.18. The topological polar surface area (TPSA) is 24.5 Å². The van der Waals surface area contributed by atoms with Crippen LogP contribution in [0.2, 0.25) is 0 Å². The van der Waals surface area contributed by atoms with Gasteiger partial charge in [-0.15, -0.1) is 0 Å². The number of rotatable bonds is 3. The van der Waals surface area contributed by atoms with Crippen molar-refractivity contribution in [2.24, 2.45) is 5.92 Å². The van der Waals surface area contributed by atoms with E-state index >= 15 is 0 Å². The number of benzene rings is 1. The normalized spacial score (nSPS) is 18.9. The van der Waals surface area contributed by atoms with Crippen LogP contribution in [0.3, 0.4) is 0 Å². The number of likely N-dealkylation sites (tertiary alicyclic amines) is 1. The average Bonchev–Trinajstić information content (AvgIpc) is 2.52. The molecule has 22 heavy (non-hydrogen) atoms. The molecule has 0 amide bonds. The van der Waals surface area contributed by atoms with Crippen LogP contribution in [-0.2, 0) is 6.54 Å². The SMILES string of the molecule is COc1ccc(CNC(=S)N2CCCC(C(F)(F)F)C2)cc1. The van der Waals surface area contributed by atoms with E-state index in [1.807, 2.05) is 24.3 Å². The van der Waals surface area contributed by atoms with Crippen molar-refractivity contribution in [3.8, 4) is 5.75 Å². The summed E-state index contributed by atoms with van der Waals surface area (Å²) >= 11 is 5.22. The molecule has 1 saturated heterocycles. The molecule has 1 atom stereocenters. The largest absolute Gasteiger partial charge is 0.497 e. The molecule has 0 radical (unpaired) electrons. The molecule has 1 aliphatic heterocycles. The summed E-state index contributed by atoms with van der Waals surface area (Å²) in [5.74, 6) is -0.530. The number of nitrogens with zero attached hydrogens (tertiary/aromatic N) is 1. The third kappa shape index (κ3) is 4.50. The first-order valence-corrected chi connectivity index (χ1v) is 7.53. The van der Waals surface area contributed by atoms with Crippen LogP contribution >= 0.6 is 12.2 Å². The second-order valence-corrected chi connectivity index (χ2v) is 5.72. The quantitative estimate of drug-likeness (QED) is 0.858. The fourth-order valence-corrected chi connectivity index (χ4v) is 2.70. The van der Waals surface area contributed by atoms with Gasteiger partial charge in [-0.2, -0.15) is 13.2 Å². The molecule has 0 aliphatic carbocycles. The Morgan fingerprint density at radius 2 is 2.05 bits per heavy atom.